The summed E-state index contributed by atoms with van der Waals surface area (Å²) in [5.74, 6) is -0.447. The Kier molecular flexibility index (Phi) is 3.38. The maximum absolute atomic E-state index is 13.2. The second-order valence-corrected chi connectivity index (χ2v) is 4.54. The van der Waals surface area contributed by atoms with Crippen LogP contribution in [0, 0.1) is 21.8 Å². The molecule has 0 spiro atoms. The van der Waals surface area contributed by atoms with Gasteiger partial charge in [0, 0.05) is 12.1 Å². The second-order valence-electron chi connectivity index (χ2n) is 4.54. The minimum atomic E-state index is -0.808. The van der Waals surface area contributed by atoms with Crippen LogP contribution in [-0.4, -0.2) is 4.92 Å². The van der Waals surface area contributed by atoms with E-state index in [1.807, 2.05) is 0 Å². The quantitative estimate of drug-likeness (QED) is 0.650. The molecule has 2 rings (SSSR count). The third-order valence-electron chi connectivity index (χ3n) is 3.46. The van der Waals surface area contributed by atoms with E-state index in [1.165, 1.54) is 6.07 Å². The average Bonchev–Trinajstić information content (AvgIpc) is 2.81. The van der Waals surface area contributed by atoms with Gasteiger partial charge in [0.2, 0.25) is 5.82 Å². The molecule has 0 bridgehead atoms. The van der Waals surface area contributed by atoms with Crippen molar-refractivity contribution in [2.75, 3.05) is 0 Å². The Morgan fingerprint density at radius 3 is 2.65 bits per heavy atom. The topological polar surface area (TPSA) is 69.2 Å². The number of nitro benzene ring substituents is 1. The number of benzene rings is 1. The predicted octanol–water partition coefficient (Wildman–Crippen LogP) is 2.92. The molecule has 0 unspecified atom stereocenters. The summed E-state index contributed by atoms with van der Waals surface area (Å²) < 4.78 is 13.2. The van der Waals surface area contributed by atoms with E-state index in [2.05, 4.69) is 0 Å². The molecule has 0 amide bonds. The zero-order valence-corrected chi connectivity index (χ0v) is 9.43. The highest BCUT2D eigenvalue weighted by molar-refractivity contribution is 5.37. The van der Waals surface area contributed by atoms with Gasteiger partial charge in [0.05, 0.1) is 4.92 Å². The summed E-state index contributed by atoms with van der Waals surface area (Å²) >= 11 is 0. The SMILES string of the molecule is N[C@H](c1ccc(F)c([N+](=O)[O-])c1)C1CCCC1. The summed E-state index contributed by atoms with van der Waals surface area (Å²) in [5, 5.41) is 10.6. The standard InChI is InChI=1S/C12H15FN2O2/c13-10-6-5-9(7-11(10)15(16)17)12(14)8-3-1-2-4-8/h5-8,12H,1-4,14H2/t12-/m0/s1. The van der Waals surface area contributed by atoms with Crippen LogP contribution >= 0.6 is 0 Å². The third-order valence-corrected chi connectivity index (χ3v) is 3.46. The minimum absolute atomic E-state index is 0.225. The molecule has 1 aromatic rings. The Labute approximate surface area is 98.8 Å². The molecular formula is C12H15FN2O2. The fraction of sp³-hybridized carbons (Fsp3) is 0.500. The van der Waals surface area contributed by atoms with E-state index in [0.717, 1.165) is 31.7 Å². The first kappa shape index (κ1) is 12.0. The predicted molar refractivity (Wildman–Crippen MR) is 61.9 cm³/mol. The highest BCUT2D eigenvalue weighted by Gasteiger charge is 2.25. The van der Waals surface area contributed by atoms with Crippen molar-refractivity contribution < 1.29 is 9.31 Å². The highest BCUT2D eigenvalue weighted by atomic mass is 19.1. The van der Waals surface area contributed by atoms with Crippen molar-refractivity contribution in [1.29, 1.82) is 0 Å². The molecule has 0 aromatic heterocycles. The third kappa shape index (κ3) is 2.44. The van der Waals surface area contributed by atoms with Gasteiger partial charge in [0.1, 0.15) is 0 Å². The van der Waals surface area contributed by atoms with E-state index >= 15 is 0 Å². The highest BCUT2D eigenvalue weighted by Crippen LogP contribution is 2.35. The van der Waals surface area contributed by atoms with E-state index in [-0.39, 0.29) is 6.04 Å². The maximum atomic E-state index is 13.2. The summed E-state index contributed by atoms with van der Waals surface area (Å²) in [5.41, 5.74) is 6.24. The molecular weight excluding hydrogens is 223 g/mol. The van der Waals surface area contributed by atoms with Crippen LogP contribution in [0.5, 0.6) is 0 Å². The molecule has 0 heterocycles. The molecule has 0 radical (unpaired) electrons. The van der Waals surface area contributed by atoms with Crippen LogP contribution in [0.1, 0.15) is 37.3 Å². The van der Waals surface area contributed by atoms with E-state index in [4.69, 9.17) is 5.73 Å². The molecule has 92 valence electrons. The largest absolute Gasteiger partial charge is 0.324 e. The molecule has 0 saturated heterocycles. The monoisotopic (exact) mass is 238 g/mol. The first-order chi connectivity index (χ1) is 8.09. The zero-order chi connectivity index (χ0) is 12.4. The lowest BCUT2D eigenvalue weighted by Crippen LogP contribution is -2.19. The Hall–Kier alpha value is -1.49. The fourth-order valence-electron chi connectivity index (χ4n) is 2.47. The number of hydrogen-bond donors (Lipinski definition) is 1. The molecule has 2 N–H and O–H groups in total. The first-order valence-corrected chi connectivity index (χ1v) is 5.79. The van der Waals surface area contributed by atoms with Gasteiger partial charge in [-0.05, 0) is 30.4 Å². The molecule has 1 atom stereocenters. The van der Waals surface area contributed by atoms with Crippen LogP contribution in [-0.2, 0) is 0 Å². The van der Waals surface area contributed by atoms with Crippen LogP contribution in [0.2, 0.25) is 0 Å². The van der Waals surface area contributed by atoms with E-state index in [9.17, 15) is 14.5 Å². The van der Waals surface area contributed by atoms with Crippen molar-refractivity contribution in [3.8, 4) is 0 Å². The average molecular weight is 238 g/mol. The smallest absolute Gasteiger partial charge is 0.305 e. The molecule has 5 heteroatoms. The fourth-order valence-corrected chi connectivity index (χ4v) is 2.47. The molecule has 1 saturated carbocycles. The van der Waals surface area contributed by atoms with Gasteiger partial charge in [-0.15, -0.1) is 0 Å². The lowest BCUT2D eigenvalue weighted by molar-refractivity contribution is -0.387. The van der Waals surface area contributed by atoms with Crippen LogP contribution < -0.4 is 5.73 Å². The molecule has 1 fully saturated rings. The van der Waals surface area contributed by atoms with Crippen LogP contribution in [0.25, 0.3) is 0 Å². The van der Waals surface area contributed by atoms with Gasteiger partial charge >= 0.3 is 5.69 Å². The Balaban J connectivity index is 2.26. The van der Waals surface area contributed by atoms with Gasteiger partial charge in [-0.3, -0.25) is 10.1 Å². The number of rotatable bonds is 3. The molecule has 1 aliphatic carbocycles. The van der Waals surface area contributed by atoms with Gasteiger partial charge in [-0.2, -0.15) is 4.39 Å². The molecule has 0 aliphatic heterocycles. The maximum Gasteiger partial charge on any atom is 0.305 e. The Morgan fingerprint density at radius 1 is 1.41 bits per heavy atom. The number of hydrogen-bond acceptors (Lipinski definition) is 3. The number of halogens is 1. The molecule has 4 nitrogen and oxygen atoms in total. The van der Waals surface area contributed by atoms with Gasteiger partial charge in [-0.1, -0.05) is 18.9 Å². The van der Waals surface area contributed by atoms with Crippen molar-refractivity contribution in [3.05, 3.63) is 39.7 Å². The van der Waals surface area contributed by atoms with E-state index in [0.29, 0.717) is 11.5 Å². The summed E-state index contributed by atoms with van der Waals surface area (Å²) in [6.07, 6.45) is 4.40. The van der Waals surface area contributed by atoms with E-state index < -0.39 is 16.4 Å². The molecule has 1 aromatic carbocycles. The lowest BCUT2D eigenvalue weighted by Gasteiger charge is -2.18. The minimum Gasteiger partial charge on any atom is -0.324 e. The second kappa shape index (κ2) is 4.79. The van der Waals surface area contributed by atoms with Crippen LogP contribution in [0.4, 0.5) is 10.1 Å². The number of nitro groups is 1. The summed E-state index contributed by atoms with van der Waals surface area (Å²) in [6, 6.07) is 3.71. The van der Waals surface area contributed by atoms with Crippen molar-refractivity contribution in [3.63, 3.8) is 0 Å². The normalized spacial score (nSPS) is 18.2. The van der Waals surface area contributed by atoms with Crippen molar-refractivity contribution >= 4 is 5.69 Å². The Bertz CT molecular complexity index is 431. The van der Waals surface area contributed by atoms with Gasteiger partial charge in [0.25, 0.3) is 0 Å². The van der Waals surface area contributed by atoms with Gasteiger partial charge in [0.15, 0.2) is 0 Å². The van der Waals surface area contributed by atoms with Gasteiger partial charge < -0.3 is 5.73 Å². The summed E-state index contributed by atoms with van der Waals surface area (Å²) in [6.45, 7) is 0. The first-order valence-electron chi connectivity index (χ1n) is 5.79. The molecule has 1 aliphatic rings. The molecule has 17 heavy (non-hydrogen) atoms. The number of nitrogens with two attached hydrogens (primary N) is 1. The van der Waals surface area contributed by atoms with Crippen molar-refractivity contribution in [2.45, 2.75) is 31.7 Å². The summed E-state index contributed by atoms with van der Waals surface area (Å²) in [7, 11) is 0. The van der Waals surface area contributed by atoms with Crippen molar-refractivity contribution in [2.24, 2.45) is 11.7 Å². The number of nitrogens with zero attached hydrogens (tertiary/aromatic N) is 1. The zero-order valence-electron chi connectivity index (χ0n) is 9.43. The lowest BCUT2D eigenvalue weighted by atomic mass is 9.92. The van der Waals surface area contributed by atoms with Crippen molar-refractivity contribution in [1.82, 2.24) is 0 Å². The van der Waals surface area contributed by atoms with Crippen LogP contribution in [0.15, 0.2) is 18.2 Å². The Morgan fingerprint density at radius 2 is 2.06 bits per heavy atom. The van der Waals surface area contributed by atoms with Crippen LogP contribution in [0.3, 0.4) is 0 Å². The summed E-state index contributed by atoms with van der Waals surface area (Å²) in [4.78, 5) is 9.93. The van der Waals surface area contributed by atoms with Gasteiger partial charge in [-0.25, -0.2) is 0 Å². The van der Waals surface area contributed by atoms with E-state index in [1.54, 1.807) is 6.07 Å².